The molecule has 1 aliphatic heterocycles. The Kier molecular flexibility index (Phi) is 5.56. The number of amides is 1. The summed E-state index contributed by atoms with van der Waals surface area (Å²) in [6, 6.07) is 6.74. The van der Waals surface area contributed by atoms with Gasteiger partial charge in [-0.3, -0.25) is 4.79 Å². The second-order valence-electron chi connectivity index (χ2n) is 4.42. The molecular weight excluding hydrogens is 255 g/mol. The number of rotatable bonds is 3. The van der Waals surface area contributed by atoms with Crippen LogP contribution in [0.2, 0.25) is 0 Å². The van der Waals surface area contributed by atoms with Crippen molar-refractivity contribution in [3.8, 4) is 0 Å². The quantitative estimate of drug-likeness (QED) is 0.911. The molecule has 0 aliphatic carbocycles. The van der Waals surface area contributed by atoms with Crippen LogP contribution < -0.4 is 5.73 Å². The summed E-state index contributed by atoms with van der Waals surface area (Å²) in [4.78, 5) is 13.4. The second-order valence-corrected chi connectivity index (χ2v) is 4.42. The van der Waals surface area contributed by atoms with E-state index >= 15 is 0 Å². The maximum Gasteiger partial charge on any atom is 0.236 e. The molecule has 1 heterocycles. The van der Waals surface area contributed by atoms with Crippen molar-refractivity contribution in [3.63, 3.8) is 0 Å². The Balaban J connectivity index is 0.00000162. The van der Waals surface area contributed by atoms with Crippen LogP contribution >= 0.6 is 12.4 Å². The molecule has 0 saturated carbocycles. The fraction of sp³-hybridized carbons (Fsp3) is 0.462. The summed E-state index contributed by atoms with van der Waals surface area (Å²) in [7, 11) is 0. The summed E-state index contributed by atoms with van der Waals surface area (Å²) in [5.74, 6) is -0.235. The minimum Gasteiger partial charge on any atom is -0.338 e. The maximum atomic E-state index is 13.1. The summed E-state index contributed by atoms with van der Waals surface area (Å²) >= 11 is 0. The number of carbonyl (C=O) groups is 1. The zero-order valence-corrected chi connectivity index (χ0v) is 11.0. The molecule has 1 amide bonds. The van der Waals surface area contributed by atoms with Gasteiger partial charge in [0.2, 0.25) is 5.91 Å². The highest BCUT2D eigenvalue weighted by atomic mass is 35.5. The number of carbonyl (C=O) groups excluding carboxylic acids is 1. The first-order valence-electron chi connectivity index (χ1n) is 5.94. The Labute approximate surface area is 113 Å². The van der Waals surface area contributed by atoms with E-state index < -0.39 is 0 Å². The van der Waals surface area contributed by atoms with Gasteiger partial charge in [-0.1, -0.05) is 12.1 Å². The van der Waals surface area contributed by atoms with Gasteiger partial charge < -0.3 is 10.6 Å². The van der Waals surface area contributed by atoms with Crippen LogP contribution in [0.5, 0.6) is 0 Å². The summed E-state index contributed by atoms with van der Waals surface area (Å²) in [5, 5.41) is 0. The number of hydrogen-bond acceptors (Lipinski definition) is 2. The Morgan fingerprint density at radius 1 is 1.50 bits per heavy atom. The molecule has 100 valence electrons. The predicted molar refractivity (Wildman–Crippen MR) is 71.1 cm³/mol. The first-order chi connectivity index (χ1) is 8.20. The third kappa shape index (κ3) is 3.43. The summed E-state index contributed by atoms with van der Waals surface area (Å²) < 4.78 is 13.1. The van der Waals surface area contributed by atoms with Crippen molar-refractivity contribution in [1.29, 1.82) is 0 Å². The fourth-order valence-electron chi connectivity index (χ4n) is 2.43. The highest BCUT2D eigenvalue weighted by Crippen LogP contribution is 2.21. The molecule has 0 bridgehead atoms. The van der Waals surface area contributed by atoms with E-state index in [1.165, 1.54) is 12.1 Å². The van der Waals surface area contributed by atoms with Crippen molar-refractivity contribution in [3.05, 3.63) is 35.6 Å². The molecule has 2 rings (SSSR count). The first-order valence-corrected chi connectivity index (χ1v) is 5.94. The molecule has 1 aliphatic rings. The van der Waals surface area contributed by atoms with Crippen LogP contribution in [-0.4, -0.2) is 29.9 Å². The van der Waals surface area contributed by atoms with Gasteiger partial charge in [0.25, 0.3) is 0 Å². The molecule has 2 N–H and O–H groups in total. The molecule has 0 aromatic heterocycles. The second kappa shape index (κ2) is 6.71. The Morgan fingerprint density at radius 2 is 2.28 bits per heavy atom. The number of hydrogen-bond donors (Lipinski definition) is 1. The number of nitrogens with two attached hydrogens (primary N) is 1. The predicted octanol–water partition coefficient (Wildman–Crippen LogP) is 1.74. The van der Waals surface area contributed by atoms with Gasteiger partial charge in [-0.05, 0) is 37.0 Å². The van der Waals surface area contributed by atoms with Crippen molar-refractivity contribution in [1.82, 2.24) is 4.90 Å². The van der Waals surface area contributed by atoms with Crippen molar-refractivity contribution in [2.75, 3.05) is 13.1 Å². The van der Waals surface area contributed by atoms with Gasteiger partial charge >= 0.3 is 0 Å². The lowest BCUT2D eigenvalue weighted by Crippen LogP contribution is -2.40. The van der Waals surface area contributed by atoms with E-state index in [-0.39, 0.29) is 36.7 Å². The first kappa shape index (κ1) is 14.9. The molecule has 1 aromatic rings. The fourth-order valence-corrected chi connectivity index (χ4v) is 2.43. The molecule has 5 heteroatoms. The SMILES string of the molecule is Cl.NCC(=O)N1CCCC1Cc1cccc(F)c1. The Morgan fingerprint density at radius 3 is 2.94 bits per heavy atom. The van der Waals surface area contributed by atoms with Crippen molar-refractivity contribution in [2.45, 2.75) is 25.3 Å². The molecule has 0 spiro atoms. The monoisotopic (exact) mass is 272 g/mol. The van der Waals surface area contributed by atoms with Crippen LogP contribution in [0.25, 0.3) is 0 Å². The average Bonchev–Trinajstić information content (AvgIpc) is 2.76. The van der Waals surface area contributed by atoms with Crippen LogP contribution in [0, 0.1) is 5.82 Å². The van der Waals surface area contributed by atoms with Gasteiger partial charge in [0.05, 0.1) is 6.54 Å². The van der Waals surface area contributed by atoms with E-state index in [2.05, 4.69) is 0 Å². The summed E-state index contributed by atoms with van der Waals surface area (Å²) in [6.45, 7) is 0.829. The van der Waals surface area contributed by atoms with Gasteiger partial charge in [-0.15, -0.1) is 12.4 Å². The number of nitrogens with zero attached hydrogens (tertiary/aromatic N) is 1. The van der Waals surface area contributed by atoms with Crippen molar-refractivity contribution < 1.29 is 9.18 Å². The molecule has 1 aromatic carbocycles. The molecule has 3 nitrogen and oxygen atoms in total. The smallest absolute Gasteiger partial charge is 0.236 e. The van der Waals surface area contributed by atoms with E-state index in [9.17, 15) is 9.18 Å². The lowest BCUT2D eigenvalue weighted by atomic mass is 10.0. The largest absolute Gasteiger partial charge is 0.338 e. The zero-order valence-electron chi connectivity index (χ0n) is 10.1. The molecule has 1 fully saturated rings. The van der Waals surface area contributed by atoms with Gasteiger partial charge in [0.1, 0.15) is 5.82 Å². The van der Waals surface area contributed by atoms with Crippen LogP contribution in [-0.2, 0) is 11.2 Å². The highest BCUT2D eigenvalue weighted by Gasteiger charge is 2.27. The highest BCUT2D eigenvalue weighted by molar-refractivity contribution is 5.85. The van der Waals surface area contributed by atoms with E-state index in [4.69, 9.17) is 5.73 Å². The lowest BCUT2D eigenvalue weighted by Gasteiger charge is -2.24. The molecule has 0 radical (unpaired) electrons. The standard InChI is InChI=1S/C13H17FN2O.ClH/c14-11-4-1-3-10(7-11)8-12-5-2-6-16(12)13(17)9-15;/h1,3-4,7,12H,2,5-6,8-9,15H2;1H. The van der Waals surface area contributed by atoms with Crippen LogP contribution in [0.4, 0.5) is 4.39 Å². The normalized spacial score (nSPS) is 18.6. The molecular formula is C13H18ClFN2O. The minimum absolute atomic E-state index is 0. The van der Waals surface area contributed by atoms with Crippen LogP contribution in [0.3, 0.4) is 0 Å². The minimum atomic E-state index is -0.225. The van der Waals surface area contributed by atoms with E-state index in [0.717, 1.165) is 24.9 Å². The third-order valence-electron chi connectivity index (χ3n) is 3.23. The van der Waals surface area contributed by atoms with Gasteiger partial charge in [-0.2, -0.15) is 0 Å². The Hall–Kier alpha value is -1.13. The molecule has 1 unspecified atom stereocenters. The number of benzene rings is 1. The van der Waals surface area contributed by atoms with Crippen LogP contribution in [0.15, 0.2) is 24.3 Å². The summed E-state index contributed by atoms with van der Waals surface area (Å²) in [6.07, 6.45) is 2.69. The Bertz CT molecular complexity index is 414. The average molecular weight is 273 g/mol. The number of halogens is 2. The van der Waals surface area contributed by atoms with Gasteiger partial charge in [0.15, 0.2) is 0 Å². The van der Waals surface area contributed by atoms with E-state index in [0.29, 0.717) is 6.42 Å². The molecule has 18 heavy (non-hydrogen) atoms. The molecule has 1 saturated heterocycles. The molecule has 1 atom stereocenters. The maximum absolute atomic E-state index is 13.1. The van der Waals surface area contributed by atoms with Crippen molar-refractivity contribution in [2.24, 2.45) is 5.73 Å². The van der Waals surface area contributed by atoms with Gasteiger partial charge in [0, 0.05) is 12.6 Å². The topological polar surface area (TPSA) is 46.3 Å². The number of likely N-dealkylation sites (tertiary alicyclic amines) is 1. The lowest BCUT2D eigenvalue weighted by molar-refractivity contribution is -0.130. The van der Waals surface area contributed by atoms with Crippen LogP contribution in [0.1, 0.15) is 18.4 Å². The third-order valence-corrected chi connectivity index (χ3v) is 3.23. The summed E-state index contributed by atoms with van der Waals surface area (Å²) in [5.41, 5.74) is 6.32. The zero-order chi connectivity index (χ0) is 12.3. The van der Waals surface area contributed by atoms with Crippen molar-refractivity contribution >= 4 is 18.3 Å². The van der Waals surface area contributed by atoms with E-state index in [1.54, 1.807) is 6.07 Å². The van der Waals surface area contributed by atoms with E-state index in [1.807, 2.05) is 11.0 Å². The van der Waals surface area contributed by atoms with Gasteiger partial charge in [-0.25, -0.2) is 4.39 Å².